The van der Waals surface area contributed by atoms with Crippen molar-refractivity contribution in [2.75, 3.05) is 0 Å². The zero-order valence-corrected chi connectivity index (χ0v) is 15.2. The summed E-state index contributed by atoms with van der Waals surface area (Å²) in [4.78, 5) is 10.8. The number of hydrogen-bond acceptors (Lipinski definition) is 5. The fourth-order valence-corrected chi connectivity index (χ4v) is 3.85. The monoisotopic (exact) mass is 387 g/mol. The molecule has 1 aliphatic carbocycles. The number of rotatable bonds is 4. The van der Waals surface area contributed by atoms with E-state index in [1.54, 1.807) is 4.68 Å². The van der Waals surface area contributed by atoms with E-state index in [1.165, 1.54) is 18.7 Å². The van der Waals surface area contributed by atoms with Gasteiger partial charge in [0.1, 0.15) is 6.33 Å². The van der Waals surface area contributed by atoms with Crippen molar-refractivity contribution in [2.24, 2.45) is 11.3 Å². The van der Waals surface area contributed by atoms with Gasteiger partial charge in [-0.05, 0) is 48.4 Å². The molecule has 0 aromatic carbocycles. The molecule has 0 bridgehead atoms. The Morgan fingerprint density at radius 3 is 2.50 bits per heavy atom. The minimum atomic E-state index is -4.56. The highest BCUT2D eigenvalue weighted by Gasteiger charge is 2.54. The number of aromatic nitrogens is 5. The van der Waals surface area contributed by atoms with E-state index in [-0.39, 0.29) is 17.9 Å². The van der Waals surface area contributed by atoms with Gasteiger partial charge >= 0.3 is 6.18 Å². The summed E-state index contributed by atoms with van der Waals surface area (Å²) in [6.07, 6.45) is 1.19. The minimum absolute atomic E-state index is 0.164. The van der Waals surface area contributed by atoms with Gasteiger partial charge in [-0.2, -0.15) is 13.2 Å². The second kappa shape index (κ2) is 6.41. The molecule has 2 aromatic heterocycles. The van der Waals surface area contributed by atoms with Gasteiger partial charge in [-0.1, -0.05) is 13.8 Å². The van der Waals surface area contributed by atoms with Crippen LogP contribution in [0.4, 0.5) is 13.2 Å². The number of nitrogens with zero attached hydrogens (tertiary/aromatic N) is 4. The van der Waals surface area contributed by atoms with Crippen molar-refractivity contribution in [1.82, 2.24) is 24.7 Å². The SMILES string of the molecule is CC1(C)CCC(Cc2cnc(C(F)(F)F)nc2)C1(O)Cn1[nH]cnc1=S. The average Bonchev–Trinajstić information content (AvgIpc) is 3.04. The molecule has 2 N–H and O–H groups in total. The summed E-state index contributed by atoms with van der Waals surface area (Å²) < 4.78 is 39.8. The summed E-state index contributed by atoms with van der Waals surface area (Å²) >= 11 is 5.15. The Hall–Kier alpha value is -1.81. The number of nitrogens with one attached hydrogen (secondary N) is 1. The lowest BCUT2D eigenvalue weighted by atomic mass is 9.72. The van der Waals surface area contributed by atoms with Crippen LogP contribution in [0.2, 0.25) is 0 Å². The maximum absolute atomic E-state index is 12.6. The van der Waals surface area contributed by atoms with Gasteiger partial charge in [0.05, 0.1) is 12.1 Å². The van der Waals surface area contributed by atoms with E-state index in [0.29, 0.717) is 16.8 Å². The summed E-state index contributed by atoms with van der Waals surface area (Å²) in [5, 5.41) is 14.4. The summed E-state index contributed by atoms with van der Waals surface area (Å²) in [6.45, 7) is 4.21. The Balaban J connectivity index is 1.84. The Kier molecular flexibility index (Phi) is 4.68. The molecule has 0 saturated heterocycles. The molecule has 1 aliphatic rings. The van der Waals surface area contributed by atoms with Crippen molar-refractivity contribution >= 4 is 12.2 Å². The fourth-order valence-electron chi connectivity index (χ4n) is 3.68. The predicted octanol–water partition coefficient (Wildman–Crippen LogP) is 3.16. The fraction of sp³-hybridized carbons (Fsp3) is 0.625. The van der Waals surface area contributed by atoms with Crippen LogP contribution in [0.15, 0.2) is 18.7 Å². The third-order valence-electron chi connectivity index (χ3n) is 5.42. The van der Waals surface area contributed by atoms with E-state index in [1.807, 2.05) is 13.8 Å². The van der Waals surface area contributed by atoms with Gasteiger partial charge in [0.2, 0.25) is 10.6 Å². The summed E-state index contributed by atoms with van der Waals surface area (Å²) in [6, 6.07) is 0. The lowest BCUT2D eigenvalue weighted by Crippen LogP contribution is -2.49. The molecule has 2 atom stereocenters. The van der Waals surface area contributed by atoms with Crippen LogP contribution in [0.5, 0.6) is 0 Å². The molecule has 0 radical (unpaired) electrons. The van der Waals surface area contributed by atoms with Gasteiger partial charge in [-0.25, -0.2) is 15.0 Å². The maximum Gasteiger partial charge on any atom is 0.451 e. The molecule has 10 heteroatoms. The first-order chi connectivity index (χ1) is 12.0. The number of hydrogen-bond donors (Lipinski definition) is 2. The smallest absolute Gasteiger partial charge is 0.387 e. The number of aromatic amines is 1. The van der Waals surface area contributed by atoms with Gasteiger partial charge in [-0.3, -0.25) is 9.78 Å². The van der Waals surface area contributed by atoms with Crippen molar-refractivity contribution in [3.8, 4) is 0 Å². The van der Waals surface area contributed by atoms with Gasteiger partial charge in [0.25, 0.3) is 0 Å². The van der Waals surface area contributed by atoms with Crippen LogP contribution >= 0.6 is 12.2 Å². The molecule has 2 heterocycles. The number of alkyl halides is 3. The van der Waals surface area contributed by atoms with Gasteiger partial charge in [-0.15, -0.1) is 0 Å². The lowest BCUT2D eigenvalue weighted by molar-refractivity contribution is -0.145. The largest absolute Gasteiger partial charge is 0.451 e. The molecule has 1 fully saturated rings. The van der Waals surface area contributed by atoms with E-state index >= 15 is 0 Å². The van der Waals surface area contributed by atoms with Crippen LogP contribution in [0.25, 0.3) is 0 Å². The average molecular weight is 387 g/mol. The number of halogens is 3. The van der Waals surface area contributed by atoms with Gasteiger partial charge in [0.15, 0.2) is 0 Å². The van der Waals surface area contributed by atoms with E-state index in [2.05, 4.69) is 20.1 Å². The maximum atomic E-state index is 12.6. The Morgan fingerprint density at radius 2 is 1.96 bits per heavy atom. The molecular weight excluding hydrogens is 367 g/mol. The molecule has 142 valence electrons. The highest BCUT2D eigenvalue weighted by molar-refractivity contribution is 7.71. The van der Waals surface area contributed by atoms with Crippen LogP contribution in [-0.4, -0.2) is 35.4 Å². The van der Waals surface area contributed by atoms with E-state index in [0.717, 1.165) is 12.8 Å². The summed E-state index contributed by atoms with van der Waals surface area (Å²) in [7, 11) is 0. The third kappa shape index (κ3) is 3.39. The second-order valence-corrected chi connectivity index (χ2v) is 7.78. The lowest BCUT2D eigenvalue weighted by Gasteiger charge is -2.40. The zero-order chi connectivity index (χ0) is 19.2. The molecule has 0 aliphatic heterocycles. The van der Waals surface area contributed by atoms with Crippen LogP contribution in [0.3, 0.4) is 0 Å². The topological polar surface area (TPSA) is 79.6 Å². The first-order valence-corrected chi connectivity index (χ1v) is 8.64. The van der Waals surface area contributed by atoms with E-state index in [4.69, 9.17) is 12.2 Å². The predicted molar refractivity (Wildman–Crippen MR) is 89.6 cm³/mol. The first-order valence-electron chi connectivity index (χ1n) is 8.24. The van der Waals surface area contributed by atoms with Crippen molar-refractivity contribution in [3.63, 3.8) is 0 Å². The van der Waals surface area contributed by atoms with Crippen molar-refractivity contribution in [3.05, 3.63) is 34.9 Å². The number of aliphatic hydroxyl groups is 1. The minimum Gasteiger partial charge on any atom is -0.387 e. The molecule has 2 aromatic rings. The normalized spacial score (nSPS) is 25.5. The molecule has 0 spiro atoms. The molecule has 6 nitrogen and oxygen atoms in total. The highest BCUT2D eigenvalue weighted by atomic mass is 32.1. The van der Waals surface area contributed by atoms with Crippen LogP contribution in [-0.2, 0) is 19.1 Å². The van der Waals surface area contributed by atoms with E-state index < -0.39 is 17.6 Å². The van der Waals surface area contributed by atoms with Crippen molar-refractivity contribution in [1.29, 1.82) is 0 Å². The van der Waals surface area contributed by atoms with Gasteiger partial charge < -0.3 is 5.11 Å². The molecule has 2 unspecified atom stereocenters. The van der Waals surface area contributed by atoms with Crippen LogP contribution in [0.1, 0.15) is 38.1 Å². The zero-order valence-electron chi connectivity index (χ0n) is 14.4. The second-order valence-electron chi connectivity index (χ2n) is 7.42. The molecule has 0 amide bonds. The molecular formula is C16H20F3N5OS. The standard InChI is InChI=1S/C16H20F3N5OS/c1-14(2)4-3-11(15(14,25)8-24-13(26)22-9-23-24)5-10-6-20-12(21-7-10)16(17,18)19/h6-7,9,11,25H,3-5,8H2,1-2H3,(H,22,23,26). The molecule has 1 saturated carbocycles. The van der Waals surface area contributed by atoms with Crippen molar-refractivity contribution < 1.29 is 18.3 Å². The summed E-state index contributed by atoms with van der Waals surface area (Å²) in [5.74, 6) is -1.32. The Morgan fingerprint density at radius 1 is 1.31 bits per heavy atom. The molecule has 3 rings (SSSR count). The number of H-pyrrole nitrogens is 1. The highest BCUT2D eigenvalue weighted by Crippen LogP contribution is 2.51. The Labute approximate surface area is 153 Å². The van der Waals surface area contributed by atoms with Crippen LogP contribution in [0, 0.1) is 16.1 Å². The van der Waals surface area contributed by atoms with Gasteiger partial charge in [0, 0.05) is 12.4 Å². The third-order valence-corrected chi connectivity index (χ3v) is 5.75. The van der Waals surface area contributed by atoms with Crippen molar-refractivity contribution in [2.45, 2.75) is 51.4 Å². The Bertz CT molecular complexity index is 829. The van der Waals surface area contributed by atoms with Crippen LogP contribution < -0.4 is 0 Å². The first kappa shape index (κ1) is 19.0. The summed E-state index contributed by atoms with van der Waals surface area (Å²) in [5.41, 5.74) is -0.919. The quantitative estimate of drug-likeness (QED) is 0.788. The van der Waals surface area contributed by atoms with E-state index in [9.17, 15) is 18.3 Å². The molecule has 26 heavy (non-hydrogen) atoms.